The lowest BCUT2D eigenvalue weighted by molar-refractivity contribution is 0.134. The van der Waals surface area contributed by atoms with Crippen LogP contribution in [0.25, 0.3) is 0 Å². The van der Waals surface area contributed by atoms with E-state index in [1.807, 2.05) is 7.05 Å². The van der Waals surface area contributed by atoms with Gasteiger partial charge in [-0.25, -0.2) is 8.78 Å². The van der Waals surface area contributed by atoms with E-state index in [-0.39, 0.29) is 6.04 Å². The molecule has 0 radical (unpaired) electrons. The van der Waals surface area contributed by atoms with Crippen LogP contribution in [0.1, 0.15) is 31.4 Å². The fourth-order valence-electron chi connectivity index (χ4n) is 2.72. The summed E-state index contributed by atoms with van der Waals surface area (Å²) in [4.78, 5) is 2.32. The Morgan fingerprint density at radius 3 is 2.72 bits per heavy atom. The number of nitrogens with zero attached hydrogens (tertiary/aromatic N) is 1. The summed E-state index contributed by atoms with van der Waals surface area (Å²) >= 11 is 0. The third-order valence-corrected chi connectivity index (χ3v) is 3.86. The van der Waals surface area contributed by atoms with Crippen LogP contribution in [0.15, 0.2) is 18.2 Å². The van der Waals surface area contributed by atoms with Crippen molar-refractivity contribution in [2.24, 2.45) is 0 Å². The second-order valence-corrected chi connectivity index (χ2v) is 4.83. The van der Waals surface area contributed by atoms with Gasteiger partial charge in [0.1, 0.15) is 0 Å². The van der Waals surface area contributed by atoms with E-state index in [9.17, 15) is 8.78 Å². The van der Waals surface area contributed by atoms with E-state index in [2.05, 4.69) is 17.1 Å². The van der Waals surface area contributed by atoms with Gasteiger partial charge in [0.15, 0.2) is 11.6 Å². The molecule has 1 heterocycles. The van der Waals surface area contributed by atoms with Gasteiger partial charge in [-0.05, 0) is 44.1 Å². The number of benzene rings is 1. The van der Waals surface area contributed by atoms with Crippen LogP contribution in [0.3, 0.4) is 0 Å². The smallest absolute Gasteiger partial charge is 0.159 e. The summed E-state index contributed by atoms with van der Waals surface area (Å²) in [6, 6.07) is 4.88. The first kappa shape index (κ1) is 13.4. The van der Waals surface area contributed by atoms with Gasteiger partial charge in [-0.3, -0.25) is 4.90 Å². The van der Waals surface area contributed by atoms with E-state index in [1.165, 1.54) is 12.1 Å². The van der Waals surface area contributed by atoms with Gasteiger partial charge in [0.25, 0.3) is 0 Å². The highest BCUT2D eigenvalue weighted by Crippen LogP contribution is 2.31. The Bertz CT molecular complexity index is 409. The first-order valence-corrected chi connectivity index (χ1v) is 6.52. The lowest BCUT2D eigenvalue weighted by Gasteiger charge is -2.39. The van der Waals surface area contributed by atoms with Crippen LogP contribution >= 0.6 is 0 Å². The molecule has 2 rings (SSSR count). The molecule has 0 aromatic heterocycles. The second-order valence-electron chi connectivity index (χ2n) is 4.83. The molecule has 0 unspecified atom stereocenters. The Hall–Kier alpha value is -1.00. The van der Waals surface area contributed by atoms with E-state index in [1.54, 1.807) is 6.07 Å². The molecule has 0 saturated carbocycles. The predicted molar refractivity (Wildman–Crippen MR) is 68.4 cm³/mol. The standard InChI is InChI=1S/C14H20F2N2/c1-3-18-7-6-11(17-2)9-14(18)10-4-5-12(15)13(16)8-10/h4-5,8,11,14,17H,3,6-7,9H2,1-2H3/t11-,14+/m1/s1. The van der Waals surface area contributed by atoms with Crippen LogP contribution in [-0.4, -0.2) is 31.1 Å². The average molecular weight is 254 g/mol. The fourth-order valence-corrected chi connectivity index (χ4v) is 2.72. The molecular formula is C14H20F2N2. The van der Waals surface area contributed by atoms with Crippen molar-refractivity contribution in [1.82, 2.24) is 10.2 Å². The van der Waals surface area contributed by atoms with Crippen LogP contribution in [-0.2, 0) is 0 Å². The maximum atomic E-state index is 13.3. The SMILES string of the molecule is CCN1CC[C@@H](NC)C[C@H]1c1ccc(F)c(F)c1. The molecule has 1 aliphatic rings. The van der Waals surface area contributed by atoms with Crippen molar-refractivity contribution in [1.29, 1.82) is 0 Å². The summed E-state index contributed by atoms with van der Waals surface area (Å²) in [5.74, 6) is -1.53. The minimum Gasteiger partial charge on any atom is -0.317 e. The highest BCUT2D eigenvalue weighted by Gasteiger charge is 2.28. The van der Waals surface area contributed by atoms with Gasteiger partial charge in [-0.2, -0.15) is 0 Å². The van der Waals surface area contributed by atoms with Gasteiger partial charge in [-0.15, -0.1) is 0 Å². The Morgan fingerprint density at radius 1 is 1.33 bits per heavy atom. The monoisotopic (exact) mass is 254 g/mol. The summed E-state index contributed by atoms with van der Waals surface area (Å²) in [7, 11) is 1.95. The van der Waals surface area contributed by atoms with Crippen LogP contribution in [0, 0.1) is 11.6 Å². The van der Waals surface area contributed by atoms with Gasteiger partial charge in [0, 0.05) is 18.6 Å². The number of nitrogens with one attached hydrogen (secondary N) is 1. The number of likely N-dealkylation sites (tertiary alicyclic amines) is 1. The molecule has 1 saturated heterocycles. The molecule has 0 spiro atoms. The normalized spacial score (nSPS) is 25.3. The highest BCUT2D eigenvalue weighted by atomic mass is 19.2. The lowest BCUT2D eigenvalue weighted by Crippen LogP contribution is -2.43. The van der Waals surface area contributed by atoms with E-state index in [0.29, 0.717) is 6.04 Å². The quantitative estimate of drug-likeness (QED) is 0.892. The number of hydrogen-bond acceptors (Lipinski definition) is 2. The maximum absolute atomic E-state index is 13.3. The Balaban J connectivity index is 2.23. The number of piperidine rings is 1. The maximum Gasteiger partial charge on any atom is 0.159 e. The molecule has 0 bridgehead atoms. The predicted octanol–water partition coefficient (Wildman–Crippen LogP) is 2.71. The van der Waals surface area contributed by atoms with Gasteiger partial charge in [-0.1, -0.05) is 13.0 Å². The minimum atomic E-state index is -0.775. The lowest BCUT2D eigenvalue weighted by atomic mass is 9.92. The summed E-state index contributed by atoms with van der Waals surface area (Å²) in [6.07, 6.45) is 2.04. The van der Waals surface area contributed by atoms with Crippen molar-refractivity contribution < 1.29 is 8.78 Å². The fraction of sp³-hybridized carbons (Fsp3) is 0.571. The van der Waals surface area contributed by atoms with Crippen LogP contribution < -0.4 is 5.32 Å². The van der Waals surface area contributed by atoms with Crippen LogP contribution in [0.2, 0.25) is 0 Å². The number of hydrogen-bond donors (Lipinski definition) is 1. The zero-order valence-corrected chi connectivity index (χ0v) is 10.9. The van der Waals surface area contributed by atoms with Crippen molar-refractivity contribution in [3.63, 3.8) is 0 Å². The zero-order valence-electron chi connectivity index (χ0n) is 10.9. The summed E-state index contributed by atoms with van der Waals surface area (Å²) in [5.41, 5.74) is 0.871. The van der Waals surface area contributed by atoms with Gasteiger partial charge >= 0.3 is 0 Å². The Labute approximate surface area is 107 Å². The third kappa shape index (κ3) is 2.70. The summed E-state index contributed by atoms with van der Waals surface area (Å²) in [6.45, 7) is 4.03. The van der Waals surface area contributed by atoms with E-state index < -0.39 is 11.6 Å². The van der Waals surface area contributed by atoms with E-state index in [4.69, 9.17) is 0 Å². The summed E-state index contributed by atoms with van der Waals surface area (Å²) in [5, 5.41) is 3.28. The molecule has 0 amide bonds. The van der Waals surface area contributed by atoms with Crippen molar-refractivity contribution >= 4 is 0 Å². The van der Waals surface area contributed by atoms with Crippen molar-refractivity contribution in [2.75, 3.05) is 20.1 Å². The molecule has 1 aliphatic heterocycles. The molecule has 2 atom stereocenters. The molecule has 1 aromatic rings. The Morgan fingerprint density at radius 2 is 2.11 bits per heavy atom. The number of halogens is 2. The zero-order chi connectivity index (χ0) is 13.1. The molecule has 100 valence electrons. The first-order valence-electron chi connectivity index (χ1n) is 6.52. The average Bonchev–Trinajstić information content (AvgIpc) is 2.41. The minimum absolute atomic E-state index is 0.177. The van der Waals surface area contributed by atoms with E-state index >= 15 is 0 Å². The van der Waals surface area contributed by atoms with Gasteiger partial charge in [0.05, 0.1) is 0 Å². The molecule has 2 nitrogen and oxygen atoms in total. The third-order valence-electron chi connectivity index (χ3n) is 3.86. The Kier molecular flexibility index (Phi) is 4.30. The van der Waals surface area contributed by atoms with Gasteiger partial charge in [0.2, 0.25) is 0 Å². The van der Waals surface area contributed by atoms with Gasteiger partial charge < -0.3 is 5.32 Å². The molecule has 4 heteroatoms. The topological polar surface area (TPSA) is 15.3 Å². The second kappa shape index (κ2) is 5.76. The first-order chi connectivity index (χ1) is 8.65. The molecule has 18 heavy (non-hydrogen) atoms. The van der Waals surface area contributed by atoms with Crippen molar-refractivity contribution in [2.45, 2.75) is 31.8 Å². The molecule has 1 N–H and O–H groups in total. The number of rotatable bonds is 3. The van der Waals surface area contributed by atoms with Crippen LogP contribution in [0.5, 0.6) is 0 Å². The van der Waals surface area contributed by atoms with Crippen LogP contribution in [0.4, 0.5) is 8.78 Å². The molecular weight excluding hydrogens is 234 g/mol. The highest BCUT2D eigenvalue weighted by molar-refractivity contribution is 5.22. The summed E-state index contributed by atoms with van der Waals surface area (Å²) < 4.78 is 26.3. The van der Waals surface area contributed by atoms with Crippen molar-refractivity contribution in [3.05, 3.63) is 35.4 Å². The van der Waals surface area contributed by atoms with Crippen molar-refractivity contribution in [3.8, 4) is 0 Å². The van der Waals surface area contributed by atoms with E-state index in [0.717, 1.165) is 31.5 Å². The molecule has 1 fully saturated rings. The largest absolute Gasteiger partial charge is 0.317 e. The molecule has 0 aliphatic carbocycles. The molecule has 1 aromatic carbocycles.